The van der Waals surface area contributed by atoms with E-state index in [0.29, 0.717) is 24.8 Å². The van der Waals surface area contributed by atoms with E-state index in [4.69, 9.17) is 14.2 Å². The van der Waals surface area contributed by atoms with Crippen LogP contribution >= 0.6 is 0 Å². The van der Waals surface area contributed by atoms with Crippen molar-refractivity contribution in [3.05, 3.63) is 24.3 Å². The van der Waals surface area contributed by atoms with Crippen LogP contribution in [-0.4, -0.2) is 46.6 Å². The van der Waals surface area contributed by atoms with Crippen LogP contribution in [0.2, 0.25) is 0 Å². The van der Waals surface area contributed by atoms with Gasteiger partial charge in [0.1, 0.15) is 12.2 Å². The number of epoxide rings is 1. The molecule has 7 atom stereocenters. The van der Waals surface area contributed by atoms with Gasteiger partial charge in [-0.15, -0.1) is 0 Å². The quantitative estimate of drug-likeness (QED) is 0.319. The minimum absolute atomic E-state index is 0.0238. The van der Waals surface area contributed by atoms with Gasteiger partial charge in [0.15, 0.2) is 0 Å². The van der Waals surface area contributed by atoms with Crippen LogP contribution in [0.5, 0.6) is 0 Å². The number of hydrogen-bond acceptors (Lipinski definition) is 6. The highest BCUT2D eigenvalue weighted by atomic mass is 16.6. The van der Waals surface area contributed by atoms with Crippen molar-refractivity contribution in [1.82, 2.24) is 0 Å². The third-order valence-electron chi connectivity index (χ3n) is 6.38. The Bertz CT molecular complexity index is 681. The molecule has 3 rings (SSSR count). The maximum absolute atomic E-state index is 12.3. The molecule has 0 aromatic rings. The highest BCUT2D eigenvalue weighted by molar-refractivity contribution is 5.91. The van der Waals surface area contributed by atoms with E-state index in [9.17, 15) is 14.7 Å². The monoisotopic (exact) mass is 392 g/mol. The van der Waals surface area contributed by atoms with Crippen LogP contribution in [0.15, 0.2) is 24.3 Å². The second-order valence-electron chi connectivity index (χ2n) is 9.06. The number of carbonyl (C=O) groups is 2. The Kier molecular flexibility index (Phi) is 5.74. The standard InChI is InChI=1S/C22H32O6/c1-13-8-6-9-21(4,25)10-7-11-22(5)17(28-22)12-16-14(2)20(24)27-19(16)18(13)26-15(3)23/h7,10,13,16-19,25H,2,6,8-9,11-12H2,1,3-5H3/b10-7-/t13-,16-,17+,18+,19+,21+,22+/m0/s1. The number of rotatable bonds is 1. The minimum Gasteiger partial charge on any atom is -0.458 e. The Hall–Kier alpha value is -1.66. The van der Waals surface area contributed by atoms with Crippen LogP contribution in [0, 0.1) is 11.8 Å². The van der Waals surface area contributed by atoms with Crippen LogP contribution in [0.1, 0.15) is 59.8 Å². The van der Waals surface area contributed by atoms with Gasteiger partial charge < -0.3 is 19.3 Å². The van der Waals surface area contributed by atoms with Crippen molar-refractivity contribution < 1.29 is 28.9 Å². The summed E-state index contributed by atoms with van der Waals surface area (Å²) in [6.45, 7) is 11.1. The molecule has 0 unspecified atom stereocenters. The average Bonchev–Trinajstić information content (AvgIpc) is 3.13. The molecule has 0 spiro atoms. The molecule has 2 saturated heterocycles. The molecule has 0 aromatic heterocycles. The van der Waals surface area contributed by atoms with Crippen LogP contribution in [-0.2, 0) is 23.8 Å². The van der Waals surface area contributed by atoms with E-state index >= 15 is 0 Å². The first-order valence-electron chi connectivity index (χ1n) is 10.2. The Labute approximate surface area is 166 Å². The average molecular weight is 392 g/mol. The van der Waals surface area contributed by atoms with Crippen molar-refractivity contribution in [2.75, 3.05) is 0 Å². The predicted molar refractivity (Wildman–Crippen MR) is 103 cm³/mol. The first-order valence-corrected chi connectivity index (χ1v) is 10.2. The van der Waals surface area contributed by atoms with Crippen molar-refractivity contribution >= 4 is 11.9 Å². The molecule has 1 aliphatic carbocycles. The van der Waals surface area contributed by atoms with Gasteiger partial charge in [-0.05, 0) is 51.9 Å². The van der Waals surface area contributed by atoms with Crippen molar-refractivity contribution in [2.45, 2.75) is 89.3 Å². The second-order valence-corrected chi connectivity index (χ2v) is 9.06. The van der Waals surface area contributed by atoms with E-state index in [2.05, 4.69) is 6.58 Å². The molecule has 6 nitrogen and oxygen atoms in total. The van der Waals surface area contributed by atoms with Gasteiger partial charge in [0.25, 0.3) is 0 Å². The van der Waals surface area contributed by atoms with Gasteiger partial charge in [-0.1, -0.05) is 25.7 Å². The normalized spacial score (nSPS) is 45.2. The maximum Gasteiger partial charge on any atom is 0.334 e. The molecule has 0 saturated carbocycles. The smallest absolute Gasteiger partial charge is 0.334 e. The topological polar surface area (TPSA) is 85.4 Å². The predicted octanol–water partition coefficient (Wildman–Crippen LogP) is 3.08. The molecule has 1 N–H and O–H groups in total. The third kappa shape index (κ3) is 4.49. The molecule has 0 amide bonds. The summed E-state index contributed by atoms with van der Waals surface area (Å²) in [6, 6.07) is 0. The van der Waals surface area contributed by atoms with Gasteiger partial charge in [0.05, 0.1) is 17.3 Å². The molecule has 2 aliphatic heterocycles. The van der Waals surface area contributed by atoms with E-state index in [0.717, 1.165) is 12.8 Å². The summed E-state index contributed by atoms with van der Waals surface area (Å²) in [6.07, 6.45) is 6.10. The SMILES string of the molecule is C=C1C(=O)O[C@H]2[C@H](OC(C)=O)[C@@H](C)CCC[C@@](C)(O)/C=C\C[C@@]3(C)O[C@@H]3C[C@@H]12. The molecule has 0 aromatic carbocycles. The number of aliphatic hydroxyl groups is 1. The van der Waals surface area contributed by atoms with E-state index in [1.807, 2.05) is 26.0 Å². The number of ether oxygens (including phenoxy) is 3. The van der Waals surface area contributed by atoms with Crippen molar-refractivity contribution in [3.63, 3.8) is 0 Å². The zero-order chi connectivity index (χ0) is 20.7. The second kappa shape index (κ2) is 7.64. The van der Waals surface area contributed by atoms with E-state index in [-0.39, 0.29) is 23.5 Å². The van der Waals surface area contributed by atoms with Crippen LogP contribution in [0.3, 0.4) is 0 Å². The summed E-state index contributed by atoms with van der Waals surface area (Å²) in [7, 11) is 0. The third-order valence-corrected chi connectivity index (χ3v) is 6.38. The summed E-state index contributed by atoms with van der Waals surface area (Å²) in [5, 5.41) is 10.6. The molecule has 3 aliphatic rings. The number of carbonyl (C=O) groups excluding carboxylic acids is 2. The van der Waals surface area contributed by atoms with Gasteiger partial charge in [-0.25, -0.2) is 4.79 Å². The lowest BCUT2D eigenvalue weighted by atomic mass is 9.81. The molecule has 156 valence electrons. The van der Waals surface area contributed by atoms with Gasteiger partial charge in [0, 0.05) is 18.4 Å². The van der Waals surface area contributed by atoms with Gasteiger partial charge >= 0.3 is 11.9 Å². The van der Waals surface area contributed by atoms with Crippen molar-refractivity contribution in [3.8, 4) is 0 Å². The summed E-state index contributed by atoms with van der Waals surface area (Å²) >= 11 is 0. The fourth-order valence-corrected chi connectivity index (χ4v) is 4.48. The lowest BCUT2D eigenvalue weighted by molar-refractivity contribution is -0.165. The van der Waals surface area contributed by atoms with E-state index < -0.39 is 29.7 Å². The zero-order valence-electron chi connectivity index (χ0n) is 17.3. The number of hydrogen-bond donors (Lipinski definition) is 1. The molecule has 2 heterocycles. The fourth-order valence-electron chi connectivity index (χ4n) is 4.48. The fraction of sp³-hybridized carbons (Fsp3) is 0.727. The van der Waals surface area contributed by atoms with Crippen LogP contribution in [0.4, 0.5) is 0 Å². The minimum atomic E-state index is -0.891. The molecular formula is C22H32O6. The van der Waals surface area contributed by atoms with Crippen LogP contribution < -0.4 is 0 Å². The lowest BCUT2D eigenvalue weighted by Gasteiger charge is -2.31. The molecule has 0 bridgehead atoms. The Morgan fingerprint density at radius 3 is 2.79 bits per heavy atom. The number of esters is 2. The van der Waals surface area contributed by atoms with Gasteiger partial charge in [-0.3, -0.25) is 4.79 Å². The first-order chi connectivity index (χ1) is 13.0. The Balaban J connectivity index is 1.89. The van der Waals surface area contributed by atoms with Crippen molar-refractivity contribution in [2.24, 2.45) is 11.8 Å². The molecule has 2 fully saturated rings. The molecule has 28 heavy (non-hydrogen) atoms. The zero-order valence-corrected chi connectivity index (χ0v) is 17.3. The largest absolute Gasteiger partial charge is 0.458 e. The lowest BCUT2D eigenvalue weighted by Crippen LogP contribution is -2.40. The summed E-state index contributed by atoms with van der Waals surface area (Å²) in [5.74, 6) is -1.08. The van der Waals surface area contributed by atoms with Gasteiger partial charge in [0.2, 0.25) is 0 Å². The summed E-state index contributed by atoms with van der Waals surface area (Å²) < 4.78 is 17.2. The molecule has 6 heteroatoms. The highest BCUT2D eigenvalue weighted by Gasteiger charge is 2.56. The van der Waals surface area contributed by atoms with Crippen LogP contribution in [0.25, 0.3) is 0 Å². The summed E-state index contributed by atoms with van der Waals surface area (Å²) in [4.78, 5) is 24.0. The van der Waals surface area contributed by atoms with E-state index in [1.54, 1.807) is 6.92 Å². The first kappa shape index (κ1) is 21.1. The highest BCUT2D eigenvalue weighted by Crippen LogP contribution is 2.47. The molecular weight excluding hydrogens is 360 g/mol. The number of fused-ring (bicyclic) bond motifs is 2. The maximum atomic E-state index is 12.3. The van der Waals surface area contributed by atoms with Crippen molar-refractivity contribution in [1.29, 1.82) is 0 Å². The van der Waals surface area contributed by atoms with E-state index in [1.165, 1.54) is 6.92 Å². The van der Waals surface area contributed by atoms with Gasteiger partial charge in [-0.2, -0.15) is 0 Å². The summed E-state index contributed by atoms with van der Waals surface area (Å²) in [5.41, 5.74) is -0.786. The Morgan fingerprint density at radius 1 is 1.39 bits per heavy atom. The molecule has 0 radical (unpaired) electrons. The Morgan fingerprint density at radius 2 is 2.11 bits per heavy atom.